The minimum atomic E-state index is 0.483. The van der Waals surface area contributed by atoms with Crippen LogP contribution in [0.2, 0.25) is 0 Å². The standard InChI is InChI=1S/C14H14N6/c1-2-5-16-14(18-9-13-10-19-20-11-13)17-8-12-3-6-15-7-4-12/h1,3-7,10-11H,8-9H2,(H,17,18)(H,19,20)/b16-5-. The van der Waals surface area contributed by atoms with Crippen LogP contribution in [0.3, 0.4) is 0 Å². The molecule has 0 unspecified atom stereocenters. The van der Waals surface area contributed by atoms with Crippen molar-refractivity contribution in [1.82, 2.24) is 20.5 Å². The number of aliphatic imine (C=N–C) groups is 2. The van der Waals surface area contributed by atoms with Gasteiger partial charge in [-0.15, -0.1) is 6.42 Å². The SMILES string of the molecule is C#C/C=N\C(=N/Cc1cn[nH]c1)NCc1ccncc1. The Morgan fingerprint density at radius 1 is 1.40 bits per heavy atom. The highest BCUT2D eigenvalue weighted by Crippen LogP contribution is 1.98. The van der Waals surface area contributed by atoms with Crippen molar-refractivity contribution in [1.29, 1.82) is 0 Å². The van der Waals surface area contributed by atoms with Gasteiger partial charge >= 0.3 is 0 Å². The minimum absolute atomic E-state index is 0.483. The number of hydrogen-bond acceptors (Lipinski definition) is 3. The van der Waals surface area contributed by atoms with Crippen LogP contribution in [0.5, 0.6) is 0 Å². The lowest BCUT2D eigenvalue weighted by molar-refractivity contribution is 0.883. The van der Waals surface area contributed by atoms with E-state index >= 15 is 0 Å². The van der Waals surface area contributed by atoms with Gasteiger partial charge in [0.05, 0.1) is 19.0 Å². The third-order valence-electron chi connectivity index (χ3n) is 2.43. The Balaban J connectivity index is 1.98. The molecular formula is C14H14N6. The number of pyridine rings is 1. The van der Waals surface area contributed by atoms with Crippen molar-refractivity contribution in [2.24, 2.45) is 9.98 Å². The zero-order valence-electron chi connectivity index (χ0n) is 10.8. The summed E-state index contributed by atoms with van der Waals surface area (Å²) in [4.78, 5) is 12.4. The molecule has 6 nitrogen and oxygen atoms in total. The molecule has 0 fully saturated rings. The molecule has 0 aromatic carbocycles. The normalized spacial score (nSPS) is 11.4. The minimum Gasteiger partial charge on any atom is -0.350 e. The largest absolute Gasteiger partial charge is 0.350 e. The van der Waals surface area contributed by atoms with Crippen LogP contribution in [0.15, 0.2) is 46.9 Å². The zero-order valence-corrected chi connectivity index (χ0v) is 10.8. The van der Waals surface area contributed by atoms with Crippen molar-refractivity contribution < 1.29 is 0 Å². The number of nitrogens with zero attached hydrogens (tertiary/aromatic N) is 4. The van der Waals surface area contributed by atoms with Gasteiger partial charge < -0.3 is 5.32 Å². The van der Waals surface area contributed by atoms with E-state index in [1.807, 2.05) is 12.1 Å². The Bertz CT molecular complexity index is 607. The van der Waals surface area contributed by atoms with Gasteiger partial charge in [-0.25, -0.2) is 9.98 Å². The topological polar surface area (TPSA) is 78.3 Å². The molecule has 20 heavy (non-hydrogen) atoms. The lowest BCUT2D eigenvalue weighted by Gasteiger charge is -2.05. The van der Waals surface area contributed by atoms with Gasteiger partial charge in [0.15, 0.2) is 0 Å². The first-order chi connectivity index (χ1) is 9.88. The highest BCUT2D eigenvalue weighted by atomic mass is 15.1. The van der Waals surface area contributed by atoms with Gasteiger partial charge in [0.25, 0.3) is 0 Å². The number of aromatic nitrogens is 3. The maximum Gasteiger partial charge on any atom is 0.219 e. The lowest BCUT2D eigenvalue weighted by atomic mass is 10.3. The van der Waals surface area contributed by atoms with Gasteiger partial charge in [0, 0.05) is 30.7 Å². The molecular weight excluding hydrogens is 252 g/mol. The fraction of sp³-hybridized carbons (Fsp3) is 0.143. The van der Waals surface area contributed by atoms with E-state index in [0.29, 0.717) is 19.0 Å². The smallest absolute Gasteiger partial charge is 0.219 e. The monoisotopic (exact) mass is 266 g/mol. The van der Waals surface area contributed by atoms with Crippen molar-refractivity contribution >= 4 is 12.2 Å². The maximum atomic E-state index is 5.17. The predicted molar refractivity (Wildman–Crippen MR) is 78.1 cm³/mol. The average Bonchev–Trinajstić information content (AvgIpc) is 3.01. The molecule has 0 radical (unpaired) electrons. The molecule has 2 heterocycles. The summed E-state index contributed by atoms with van der Waals surface area (Å²) in [5, 5.41) is 9.73. The van der Waals surface area contributed by atoms with Crippen LogP contribution in [0.4, 0.5) is 0 Å². The van der Waals surface area contributed by atoms with Crippen molar-refractivity contribution in [2.45, 2.75) is 13.1 Å². The predicted octanol–water partition coefficient (Wildman–Crippen LogP) is 1.15. The Kier molecular flexibility index (Phi) is 5.05. The van der Waals surface area contributed by atoms with Crippen LogP contribution in [-0.4, -0.2) is 27.4 Å². The van der Waals surface area contributed by atoms with E-state index in [-0.39, 0.29) is 0 Å². The number of guanidine groups is 1. The van der Waals surface area contributed by atoms with E-state index in [0.717, 1.165) is 11.1 Å². The molecule has 2 aromatic heterocycles. The summed E-state index contributed by atoms with van der Waals surface area (Å²) in [6.07, 6.45) is 13.5. The molecule has 2 aromatic rings. The molecule has 0 spiro atoms. The summed E-state index contributed by atoms with van der Waals surface area (Å²) in [5.41, 5.74) is 2.07. The Hall–Kier alpha value is -2.94. The fourth-order valence-corrected chi connectivity index (χ4v) is 1.45. The second kappa shape index (κ2) is 7.48. The zero-order chi connectivity index (χ0) is 14.0. The molecule has 2 N–H and O–H groups in total. The molecule has 0 aliphatic heterocycles. The summed E-state index contributed by atoms with van der Waals surface area (Å²) in [6, 6.07) is 3.84. The van der Waals surface area contributed by atoms with Crippen LogP contribution >= 0.6 is 0 Å². The first kappa shape index (κ1) is 13.5. The van der Waals surface area contributed by atoms with E-state index in [9.17, 15) is 0 Å². The number of aromatic amines is 1. The Morgan fingerprint density at radius 2 is 2.25 bits per heavy atom. The van der Waals surface area contributed by atoms with E-state index in [1.54, 1.807) is 24.8 Å². The number of rotatable bonds is 4. The van der Waals surface area contributed by atoms with Gasteiger partial charge in [-0.2, -0.15) is 5.10 Å². The highest BCUT2D eigenvalue weighted by Gasteiger charge is 1.98. The van der Waals surface area contributed by atoms with E-state index < -0.39 is 0 Å². The van der Waals surface area contributed by atoms with Crippen molar-refractivity contribution in [3.8, 4) is 12.3 Å². The summed E-state index contributed by atoms with van der Waals surface area (Å²) < 4.78 is 0. The number of hydrogen-bond donors (Lipinski definition) is 2. The molecule has 2 rings (SSSR count). The molecule has 0 saturated heterocycles. The lowest BCUT2D eigenvalue weighted by Crippen LogP contribution is -2.21. The van der Waals surface area contributed by atoms with E-state index in [2.05, 4.69) is 36.4 Å². The number of H-pyrrole nitrogens is 1. The molecule has 0 amide bonds. The van der Waals surface area contributed by atoms with Crippen LogP contribution in [-0.2, 0) is 13.1 Å². The average molecular weight is 266 g/mol. The molecule has 100 valence electrons. The number of nitrogens with one attached hydrogen (secondary N) is 2. The summed E-state index contributed by atoms with van der Waals surface area (Å²) in [5.74, 6) is 2.84. The van der Waals surface area contributed by atoms with Gasteiger partial charge in [0.1, 0.15) is 0 Å². The highest BCUT2D eigenvalue weighted by molar-refractivity contribution is 5.92. The molecule has 0 atom stereocenters. The molecule has 0 bridgehead atoms. The van der Waals surface area contributed by atoms with Gasteiger partial charge in [-0.1, -0.05) is 5.92 Å². The van der Waals surface area contributed by atoms with Gasteiger partial charge in [-0.3, -0.25) is 10.1 Å². The second-order valence-corrected chi connectivity index (χ2v) is 3.88. The van der Waals surface area contributed by atoms with Gasteiger partial charge in [0.2, 0.25) is 5.96 Å². The second-order valence-electron chi connectivity index (χ2n) is 3.88. The third kappa shape index (κ3) is 4.38. The summed E-state index contributed by atoms with van der Waals surface area (Å²) in [7, 11) is 0. The molecule has 0 aliphatic carbocycles. The van der Waals surface area contributed by atoms with Crippen LogP contribution in [0.1, 0.15) is 11.1 Å². The van der Waals surface area contributed by atoms with E-state index in [1.165, 1.54) is 6.21 Å². The fourth-order valence-electron chi connectivity index (χ4n) is 1.45. The third-order valence-corrected chi connectivity index (χ3v) is 2.43. The summed E-state index contributed by atoms with van der Waals surface area (Å²) >= 11 is 0. The first-order valence-corrected chi connectivity index (χ1v) is 6.02. The van der Waals surface area contributed by atoms with Gasteiger partial charge in [-0.05, 0) is 17.7 Å². The van der Waals surface area contributed by atoms with Crippen molar-refractivity contribution in [2.75, 3.05) is 0 Å². The van der Waals surface area contributed by atoms with Crippen molar-refractivity contribution in [3.63, 3.8) is 0 Å². The Labute approximate surface area is 117 Å². The van der Waals surface area contributed by atoms with Crippen molar-refractivity contribution in [3.05, 3.63) is 48.0 Å². The van der Waals surface area contributed by atoms with E-state index in [4.69, 9.17) is 6.42 Å². The van der Waals surface area contributed by atoms with Crippen LogP contribution in [0.25, 0.3) is 0 Å². The summed E-state index contributed by atoms with van der Waals surface area (Å²) in [6.45, 7) is 1.09. The quantitative estimate of drug-likeness (QED) is 0.495. The molecule has 6 heteroatoms. The molecule has 0 saturated carbocycles. The Morgan fingerprint density at radius 3 is 2.95 bits per heavy atom. The maximum absolute atomic E-state index is 5.17. The number of terminal acetylenes is 1. The molecule has 0 aliphatic rings. The van der Waals surface area contributed by atoms with Crippen LogP contribution < -0.4 is 5.32 Å². The first-order valence-electron chi connectivity index (χ1n) is 6.02. The van der Waals surface area contributed by atoms with Crippen LogP contribution in [0, 0.1) is 12.3 Å².